The van der Waals surface area contributed by atoms with Gasteiger partial charge < -0.3 is 24.2 Å². The molecule has 5 aromatic rings. The number of hydrogen-bond acceptors (Lipinski definition) is 14. The zero-order valence-electron chi connectivity index (χ0n) is 34.2. The first-order valence-electron chi connectivity index (χ1n) is 19.7. The van der Waals surface area contributed by atoms with Gasteiger partial charge in [0.1, 0.15) is 18.0 Å². The fraction of sp³-hybridized carbons (Fsp3) is 0.381. The fourth-order valence-electron chi connectivity index (χ4n) is 7.14. The van der Waals surface area contributed by atoms with Crippen LogP contribution < -0.4 is 21.1 Å². The standard InChI is InChI=1S/C42H46N12O5S/c1-27-21-29(8-10-32(27)28(2)54(26-60)39(57)37-48-40(49-59-37)42(3,4)5)33-22-35(45-25-44-33)46-34-11-9-31(23-43-34)51-18-15-50(16-19-51)17-20-52-13-6-7-30(38(52)56)24-53-14-12-36(55)47-41(53)58/h6-11,13,21-23,25,28H,12,14-20,24H2,1-5H3,(H-,43,44,45,46,47,55,58)/p+1/t28-/m1/s1. The molecule has 310 valence electrons. The average molecular weight is 832 g/mol. The SMILES string of the molecule is Cc1cc(-c2cc(Nc3ccc(N4CCN(CCn5cccc(CN6CCC(=O)NC6=O)c5=O)CC4)cn3)ncn2)ccc1[C@@H](C)[N+](=C=S)C(=O)c1nc(C(C)(C)C)no1. The van der Waals surface area contributed by atoms with Gasteiger partial charge in [0, 0.05) is 106 Å². The van der Waals surface area contributed by atoms with E-state index in [0.29, 0.717) is 48.4 Å². The van der Waals surface area contributed by atoms with Crippen LogP contribution in [0.3, 0.4) is 0 Å². The van der Waals surface area contributed by atoms with Crippen LogP contribution in [0.5, 0.6) is 0 Å². The van der Waals surface area contributed by atoms with Crippen molar-refractivity contribution in [2.45, 2.75) is 65.6 Å². The van der Waals surface area contributed by atoms with E-state index >= 15 is 0 Å². The van der Waals surface area contributed by atoms with Gasteiger partial charge in [-0.15, -0.1) is 0 Å². The van der Waals surface area contributed by atoms with E-state index in [1.807, 2.05) is 83.3 Å². The van der Waals surface area contributed by atoms with Gasteiger partial charge in [-0.2, -0.15) is 4.98 Å². The second-order valence-electron chi connectivity index (χ2n) is 15.9. The Bertz CT molecular complexity index is 2520. The maximum atomic E-state index is 13.3. The Morgan fingerprint density at radius 2 is 1.80 bits per heavy atom. The van der Waals surface area contributed by atoms with Crippen LogP contribution in [0, 0.1) is 6.92 Å². The number of anilines is 3. The van der Waals surface area contributed by atoms with Gasteiger partial charge in [0.25, 0.3) is 10.7 Å². The number of rotatable bonds is 12. The third-order valence-corrected chi connectivity index (χ3v) is 10.9. The number of carbonyl (C=O) groups excluding carboxylic acids is 3. The molecule has 0 bridgehead atoms. The molecule has 2 aliphatic heterocycles. The molecule has 18 heteroatoms. The Morgan fingerprint density at radius 3 is 2.48 bits per heavy atom. The summed E-state index contributed by atoms with van der Waals surface area (Å²) in [5.74, 6) is 0.701. The van der Waals surface area contributed by atoms with Gasteiger partial charge in [0.15, 0.2) is 11.9 Å². The zero-order chi connectivity index (χ0) is 42.6. The number of thiocarbonyl (C=S) groups is 1. The van der Waals surface area contributed by atoms with E-state index in [4.69, 9.17) is 16.7 Å². The lowest BCUT2D eigenvalue weighted by Gasteiger charge is -2.36. The van der Waals surface area contributed by atoms with Crippen molar-refractivity contribution in [1.82, 2.24) is 44.8 Å². The molecule has 60 heavy (non-hydrogen) atoms. The molecule has 0 spiro atoms. The molecule has 2 fully saturated rings. The molecule has 4 aromatic heterocycles. The van der Waals surface area contributed by atoms with E-state index in [-0.39, 0.29) is 35.7 Å². The topological polar surface area (TPSA) is 188 Å². The van der Waals surface area contributed by atoms with Crippen LogP contribution in [0.4, 0.5) is 22.1 Å². The highest BCUT2D eigenvalue weighted by Gasteiger charge is 2.35. The monoisotopic (exact) mass is 831 g/mol. The van der Waals surface area contributed by atoms with Crippen LogP contribution in [0.15, 0.2) is 76.6 Å². The van der Waals surface area contributed by atoms with E-state index in [2.05, 4.69) is 50.7 Å². The van der Waals surface area contributed by atoms with Crippen molar-refractivity contribution >= 4 is 52.5 Å². The van der Waals surface area contributed by atoms with Gasteiger partial charge in [-0.3, -0.25) is 19.8 Å². The number of hydrogen-bond donors (Lipinski definition) is 2. The van der Waals surface area contributed by atoms with Crippen molar-refractivity contribution < 1.29 is 23.5 Å². The molecule has 6 heterocycles. The second-order valence-corrected chi connectivity index (χ2v) is 16.1. The van der Waals surface area contributed by atoms with Crippen molar-refractivity contribution in [3.63, 3.8) is 0 Å². The molecule has 2 saturated heterocycles. The maximum absolute atomic E-state index is 13.3. The Morgan fingerprint density at radius 1 is 1.00 bits per heavy atom. The molecule has 0 radical (unpaired) electrons. The summed E-state index contributed by atoms with van der Waals surface area (Å²) in [7, 11) is 0. The van der Waals surface area contributed by atoms with E-state index in [0.717, 1.165) is 48.6 Å². The number of benzene rings is 1. The predicted molar refractivity (Wildman–Crippen MR) is 226 cm³/mol. The molecular formula is C42H47N12O5S+. The van der Waals surface area contributed by atoms with Crippen molar-refractivity contribution in [3.8, 4) is 11.3 Å². The van der Waals surface area contributed by atoms with E-state index in [1.54, 1.807) is 16.8 Å². The minimum absolute atomic E-state index is 0.129. The number of nitrogens with one attached hydrogen (secondary N) is 2. The molecule has 1 atom stereocenters. The summed E-state index contributed by atoms with van der Waals surface area (Å²) < 4.78 is 8.26. The number of urea groups is 1. The minimum Gasteiger partial charge on any atom is -0.368 e. The Hall–Kier alpha value is -6.49. The first kappa shape index (κ1) is 41.7. The first-order chi connectivity index (χ1) is 28.8. The van der Waals surface area contributed by atoms with Crippen LogP contribution in [-0.4, -0.2) is 106 Å². The van der Waals surface area contributed by atoms with Crippen LogP contribution in [-0.2, 0) is 23.3 Å². The van der Waals surface area contributed by atoms with E-state index in [9.17, 15) is 19.2 Å². The summed E-state index contributed by atoms with van der Waals surface area (Å²) in [5, 5.41) is 12.1. The molecule has 2 N–H and O–H groups in total. The normalized spacial score (nSPS) is 15.3. The maximum Gasteiger partial charge on any atom is 0.487 e. The molecule has 4 amide bonds. The number of isothiocyanates is 1. The molecule has 0 aliphatic carbocycles. The van der Waals surface area contributed by atoms with Crippen LogP contribution in [0.25, 0.3) is 11.3 Å². The Balaban J connectivity index is 0.915. The summed E-state index contributed by atoms with van der Waals surface area (Å²) in [4.78, 5) is 74.1. The van der Waals surface area contributed by atoms with Gasteiger partial charge in [-0.25, -0.2) is 24.5 Å². The van der Waals surface area contributed by atoms with E-state index in [1.165, 1.54) is 15.8 Å². The van der Waals surface area contributed by atoms with Crippen LogP contribution in [0.1, 0.15) is 73.4 Å². The summed E-state index contributed by atoms with van der Waals surface area (Å²) in [6, 6.07) is 14.3. The third kappa shape index (κ3) is 9.52. The van der Waals surface area contributed by atoms with Crippen LogP contribution in [0.2, 0.25) is 0 Å². The minimum atomic E-state index is -0.518. The number of carbonyl (C=O) groups is 3. The highest BCUT2D eigenvalue weighted by molar-refractivity contribution is 7.78. The average Bonchev–Trinajstić information content (AvgIpc) is 3.75. The molecule has 0 unspecified atom stereocenters. The Labute approximate surface area is 352 Å². The van der Waals surface area contributed by atoms with Gasteiger partial charge in [-0.1, -0.05) is 48.7 Å². The molecule has 17 nitrogen and oxygen atoms in total. The van der Waals surface area contributed by atoms with Gasteiger partial charge in [0.05, 0.1) is 24.1 Å². The quantitative estimate of drug-likeness (QED) is 0.1000. The summed E-state index contributed by atoms with van der Waals surface area (Å²) >= 11 is 5.12. The summed E-state index contributed by atoms with van der Waals surface area (Å²) in [5.41, 5.74) is 4.41. The molecule has 7 rings (SSSR count). The zero-order valence-corrected chi connectivity index (χ0v) is 35.0. The first-order valence-corrected chi connectivity index (χ1v) is 20.1. The Kier molecular flexibility index (Phi) is 12.3. The molecule has 1 aromatic carbocycles. The van der Waals surface area contributed by atoms with Crippen molar-refractivity contribution in [1.29, 1.82) is 0 Å². The van der Waals surface area contributed by atoms with Crippen LogP contribution >= 0.6 is 12.2 Å². The third-order valence-electron chi connectivity index (χ3n) is 10.7. The highest BCUT2D eigenvalue weighted by Crippen LogP contribution is 2.28. The number of aryl methyl sites for hydroxylation is 1. The summed E-state index contributed by atoms with van der Waals surface area (Å²) in [6.45, 7) is 14.6. The number of amides is 4. The van der Waals surface area contributed by atoms with Crippen molar-refractivity contribution in [2.24, 2.45) is 0 Å². The lowest BCUT2D eigenvalue weighted by Crippen LogP contribution is -2.49. The molecule has 0 saturated carbocycles. The number of piperazine rings is 1. The highest BCUT2D eigenvalue weighted by atomic mass is 32.1. The van der Waals surface area contributed by atoms with Crippen molar-refractivity contribution in [3.05, 3.63) is 106 Å². The number of nitrogens with zero attached hydrogens (tertiary/aromatic N) is 10. The lowest BCUT2D eigenvalue weighted by molar-refractivity contribution is -0.467. The molecular weight excluding hydrogens is 785 g/mol. The smallest absolute Gasteiger partial charge is 0.368 e. The number of pyridine rings is 2. The number of aromatic nitrogens is 6. The summed E-state index contributed by atoms with van der Waals surface area (Å²) in [6.07, 6.45) is 5.35. The van der Waals surface area contributed by atoms with Gasteiger partial charge in [0.2, 0.25) is 5.91 Å². The lowest BCUT2D eigenvalue weighted by atomic mass is 9.96. The number of imide groups is 1. The van der Waals surface area contributed by atoms with Gasteiger partial charge >= 0.3 is 17.8 Å². The predicted octanol–water partition coefficient (Wildman–Crippen LogP) is 4.71. The second kappa shape index (κ2) is 17.8. The van der Waals surface area contributed by atoms with E-state index < -0.39 is 18.0 Å². The fourth-order valence-corrected chi connectivity index (χ4v) is 7.38. The van der Waals surface area contributed by atoms with Gasteiger partial charge in [-0.05, 0) is 36.8 Å². The largest absolute Gasteiger partial charge is 0.487 e. The molecule has 2 aliphatic rings. The van der Waals surface area contributed by atoms with Crippen molar-refractivity contribution in [2.75, 3.05) is 49.5 Å².